The number of nitrogens with zero attached hydrogens (tertiary/aromatic N) is 1. The van der Waals surface area contributed by atoms with Crippen molar-refractivity contribution < 1.29 is 13.6 Å². The summed E-state index contributed by atoms with van der Waals surface area (Å²) in [6, 6.07) is 3.25. The highest BCUT2D eigenvalue weighted by Crippen LogP contribution is 2.17. The van der Waals surface area contributed by atoms with Gasteiger partial charge in [0.05, 0.1) is 12.2 Å². The number of likely N-dealkylation sites (tertiary alicyclic amines) is 1. The quantitative estimate of drug-likeness (QED) is 0.885. The lowest BCUT2D eigenvalue weighted by atomic mass is 9.95. The average molecular weight is 283 g/mol. The lowest BCUT2D eigenvalue weighted by Gasteiger charge is -2.34. The van der Waals surface area contributed by atoms with Crippen LogP contribution in [0, 0.1) is 17.6 Å². The van der Waals surface area contributed by atoms with Crippen LogP contribution in [0.4, 0.5) is 14.5 Å². The SMILES string of the molecule is CC1CN(CC(=O)Nc2ccc(F)cc2F)CCC1N. The summed E-state index contributed by atoms with van der Waals surface area (Å²) in [4.78, 5) is 13.9. The first-order valence-electron chi connectivity index (χ1n) is 6.68. The normalized spacial score (nSPS) is 23.6. The number of nitrogens with one attached hydrogen (secondary N) is 1. The van der Waals surface area contributed by atoms with E-state index in [0.29, 0.717) is 5.92 Å². The van der Waals surface area contributed by atoms with Gasteiger partial charge in [0.25, 0.3) is 0 Å². The average Bonchev–Trinajstić information content (AvgIpc) is 2.37. The second-order valence-corrected chi connectivity index (χ2v) is 5.34. The van der Waals surface area contributed by atoms with Crippen LogP contribution in [0.5, 0.6) is 0 Å². The number of nitrogens with two attached hydrogens (primary N) is 1. The predicted octanol–water partition coefficient (Wildman–Crippen LogP) is 1.57. The molecule has 1 aromatic rings. The van der Waals surface area contributed by atoms with Crippen LogP contribution in [0.2, 0.25) is 0 Å². The lowest BCUT2D eigenvalue weighted by molar-refractivity contribution is -0.117. The molecule has 0 saturated carbocycles. The van der Waals surface area contributed by atoms with E-state index in [9.17, 15) is 13.6 Å². The molecule has 6 heteroatoms. The maximum Gasteiger partial charge on any atom is 0.238 e. The van der Waals surface area contributed by atoms with E-state index in [1.807, 2.05) is 11.8 Å². The van der Waals surface area contributed by atoms with Crippen molar-refractivity contribution in [3.8, 4) is 0 Å². The molecule has 4 nitrogen and oxygen atoms in total. The van der Waals surface area contributed by atoms with Crippen LogP contribution in [0.15, 0.2) is 18.2 Å². The van der Waals surface area contributed by atoms with Crippen LogP contribution < -0.4 is 11.1 Å². The van der Waals surface area contributed by atoms with Gasteiger partial charge in [-0.1, -0.05) is 6.92 Å². The predicted molar refractivity (Wildman–Crippen MR) is 73.2 cm³/mol. The Kier molecular flexibility index (Phi) is 4.67. The summed E-state index contributed by atoms with van der Waals surface area (Å²) in [6.07, 6.45) is 0.847. The first-order chi connectivity index (χ1) is 9.45. The number of amides is 1. The second-order valence-electron chi connectivity index (χ2n) is 5.34. The minimum Gasteiger partial charge on any atom is -0.327 e. The number of hydrogen-bond donors (Lipinski definition) is 2. The van der Waals surface area contributed by atoms with Gasteiger partial charge in [0.2, 0.25) is 5.91 Å². The van der Waals surface area contributed by atoms with Crippen LogP contribution in [0.25, 0.3) is 0 Å². The zero-order chi connectivity index (χ0) is 14.7. The lowest BCUT2D eigenvalue weighted by Crippen LogP contribution is -2.48. The van der Waals surface area contributed by atoms with Gasteiger partial charge in [-0.25, -0.2) is 8.78 Å². The molecule has 0 spiro atoms. The number of carbonyl (C=O) groups excluding carboxylic acids is 1. The second kappa shape index (κ2) is 6.28. The standard InChI is InChI=1S/C14H19F2N3O/c1-9-7-19(5-4-12(9)17)8-14(20)18-13-3-2-10(15)6-11(13)16/h2-3,6,9,12H,4-5,7-8,17H2,1H3,(H,18,20). The molecular formula is C14H19F2N3O. The molecule has 1 heterocycles. The van der Waals surface area contributed by atoms with Gasteiger partial charge in [-0.2, -0.15) is 0 Å². The minimum atomic E-state index is -0.771. The number of anilines is 1. The Balaban J connectivity index is 1.89. The number of hydrogen-bond acceptors (Lipinski definition) is 3. The molecule has 0 aliphatic carbocycles. The Bertz CT molecular complexity index is 495. The van der Waals surface area contributed by atoms with Crippen molar-refractivity contribution in [3.63, 3.8) is 0 Å². The third-order valence-electron chi connectivity index (χ3n) is 3.63. The van der Waals surface area contributed by atoms with Gasteiger partial charge in [0.1, 0.15) is 11.6 Å². The fourth-order valence-corrected chi connectivity index (χ4v) is 2.38. The third kappa shape index (κ3) is 3.74. The summed E-state index contributed by atoms with van der Waals surface area (Å²) in [7, 11) is 0. The summed E-state index contributed by atoms with van der Waals surface area (Å²) >= 11 is 0. The van der Waals surface area contributed by atoms with Gasteiger partial charge in [-0.3, -0.25) is 9.69 Å². The molecule has 3 N–H and O–H groups in total. The van der Waals surface area contributed by atoms with Gasteiger partial charge in [-0.05, 0) is 24.5 Å². The summed E-state index contributed by atoms with van der Waals surface area (Å²) < 4.78 is 26.2. The Labute approximate surface area is 116 Å². The maximum absolute atomic E-state index is 13.4. The van der Waals surface area contributed by atoms with Crippen molar-refractivity contribution in [1.29, 1.82) is 0 Å². The molecule has 0 aromatic heterocycles. The molecule has 1 fully saturated rings. The van der Waals surface area contributed by atoms with E-state index >= 15 is 0 Å². The molecule has 20 heavy (non-hydrogen) atoms. The van der Waals surface area contributed by atoms with Gasteiger partial charge < -0.3 is 11.1 Å². The molecule has 1 aliphatic heterocycles. The largest absolute Gasteiger partial charge is 0.327 e. The van der Waals surface area contributed by atoms with E-state index in [4.69, 9.17) is 5.73 Å². The Hall–Kier alpha value is -1.53. The van der Waals surface area contributed by atoms with Crippen molar-refractivity contribution in [3.05, 3.63) is 29.8 Å². The van der Waals surface area contributed by atoms with E-state index in [0.717, 1.165) is 31.6 Å². The van der Waals surface area contributed by atoms with E-state index < -0.39 is 11.6 Å². The first-order valence-corrected chi connectivity index (χ1v) is 6.68. The highest BCUT2D eigenvalue weighted by atomic mass is 19.1. The maximum atomic E-state index is 13.4. The van der Waals surface area contributed by atoms with Crippen LogP contribution in [0.1, 0.15) is 13.3 Å². The third-order valence-corrected chi connectivity index (χ3v) is 3.63. The number of carbonyl (C=O) groups is 1. The molecule has 1 amide bonds. The summed E-state index contributed by atoms with van der Waals surface area (Å²) in [6.45, 7) is 3.74. The van der Waals surface area contributed by atoms with Crippen LogP contribution in [-0.4, -0.2) is 36.5 Å². The smallest absolute Gasteiger partial charge is 0.238 e. The van der Waals surface area contributed by atoms with E-state index in [2.05, 4.69) is 5.32 Å². The van der Waals surface area contributed by atoms with Gasteiger partial charge in [-0.15, -0.1) is 0 Å². The van der Waals surface area contributed by atoms with E-state index in [-0.39, 0.29) is 24.2 Å². The monoisotopic (exact) mass is 283 g/mol. The molecule has 1 saturated heterocycles. The minimum absolute atomic E-state index is 0.00170. The zero-order valence-corrected chi connectivity index (χ0v) is 11.4. The van der Waals surface area contributed by atoms with Gasteiger partial charge >= 0.3 is 0 Å². The Morgan fingerprint density at radius 2 is 2.25 bits per heavy atom. The molecule has 0 bridgehead atoms. The number of rotatable bonds is 3. The Morgan fingerprint density at radius 1 is 1.50 bits per heavy atom. The Morgan fingerprint density at radius 3 is 2.90 bits per heavy atom. The van der Waals surface area contributed by atoms with Crippen molar-refractivity contribution in [2.24, 2.45) is 11.7 Å². The van der Waals surface area contributed by atoms with Gasteiger partial charge in [0, 0.05) is 25.2 Å². The molecule has 1 aliphatic rings. The van der Waals surface area contributed by atoms with Crippen LogP contribution in [0.3, 0.4) is 0 Å². The van der Waals surface area contributed by atoms with Crippen LogP contribution in [-0.2, 0) is 4.79 Å². The molecule has 110 valence electrons. The van der Waals surface area contributed by atoms with Crippen molar-refractivity contribution in [2.45, 2.75) is 19.4 Å². The summed E-state index contributed by atoms with van der Waals surface area (Å²) in [5.41, 5.74) is 5.91. The zero-order valence-electron chi connectivity index (χ0n) is 11.4. The van der Waals surface area contributed by atoms with Crippen LogP contribution >= 0.6 is 0 Å². The molecule has 0 radical (unpaired) electrons. The summed E-state index contributed by atoms with van der Waals surface area (Å²) in [5, 5.41) is 2.46. The van der Waals surface area contributed by atoms with E-state index in [1.54, 1.807) is 0 Å². The van der Waals surface area contributed by atoms with Crippen molar-refractivity contribution in [2.75, 3.05) is 25.0 Å². The highest BCUT2D eigenvalue weighted by Gasteiger charge is 2.24. The highest BCUT2D eigenvalue weighted by molar-refractivity contribution is 5.92. The summed E-state index contributed by atoms with van der Waals surface area (Å²) in [5.74, 6) is -1.41. The molecule has 1 aromatic carbocycles. The molecular weight excluding hydrogens is 264 g/mol. The fourth-order valence-electron chi connectivity index (χ4n) is 2.38. The number of benzene rings is 1. The van der Waals surface area contributed by atoms with Crippen molar-refractivity contribution in [1.82, 2.24) is 4.90 Å². The molecule has 2 rings (SSSR count). The molecule has 2 atom stereocenters. The van der Waals surface area contributed by atoms with Gasteiger partial charge in [0.15, 0.2) is 0 Å². The molecule has 2 unspecified atom stereocenters. The van der Waals surface area contributed by atoms with E-state index in [1.165, 1.54) is 6.07 Å². The topological polar surface area (TPSA) is 58.4 Å². The van der Waals surface area contributed by atoms with Crippen molar-refractivity contribution >= 4 is 11.6 Å². The fraction of sp³-hybridized carbons (Fsp3) is 0.500. The first kappa shape index (κ1) is 14.9. The number of piperidine rings is 1. The number of halogens is 2.